The number of ketones is 1. The van der Waals surface area contributed by atoms with E-state index in [1.165, 1.54) is 18.4 Å². The third-order valence-corrected chi connectivity index (χ3v) is 6.82. The maximum Gasteiger partial charge on any atom is 0.338 e. The number of halogens is 1. The summed E-state index contributed by atoms with van der Waals surface area (Å²) in [6.07, 6.45) is 0.0550. The van der Waals surface area contributed by atoms with Crippen molar-refractivity contribution in [1.29, 1.82) is 0 Å². The van der Waals surface area contributed by atoms with Gasteiger partial charge >= 0.3 is 5.97 Å². The standard InChI is InChI=1S/C23H21ClO3SSi/c1-27-23(26)17-10-9-15(11-12-29(2,3)4)13-16(17)14-19(25)22-21(24)18-7-5-6-8-20(18)28-22/h5-10,13H,14H2,1-4H3. The van der Waals surface area contributed by atoms with Gasteiger partial charge in [-0.15, -0.1) is 16.9 Å². The fourth-order valence-electron chi connectivity index (χ4n) is 2.83. The fraction of sp³-hybridized carbons (Fsp3) is 0.217. The molecule has 0 amide bonds. The molecule has 0 N–H and O–H groups in total. The molecular formula is C23H21ClO3SSi. The van der Waals surface area contributed by atoms with Crippen LogP contribution in [0.15, 0.2) is 42.5 Å². The Balaban J connectivity index is 2.00. The highest BCUT2D eigenvalue weighted by Crippen LogP contribution is 2.36. The molecule has 3 nitrogen and oxygen atoms in total. The molecule has 0 spiro atoms. The number of methoxy groups -OCH3 is 1. The lowest BCUT2D eigenvalue weighted by Gasteiger charge is -2.09. The van der Waals surface area contributed by atoms with Crippen molar-refractivity contribution < 1.29 is 14.3 Å². The van der Waals surface area contributed by atoms with Crippen LogP contribution in [-0.2, 0) is 11.2 Å². The van der Waals surface area contributed by atoms with Gasteiger partial charge in [-0.25, -0.2) is 4.79 Å². The summed E-state index contributed by atoms with van der Waals surface area (Å²) in [5.74, 6) is 2.58. The number of carbonyl (C=O) groups is 2. The van der Waals surface area contributed by atoms with Crippen LogP contribution in [0.1, 0.15) is 31.2 Å². The number of hydrogen-bond acceptors (Lipinski definition) is 4. The van der Waals surface area contributed by atoms with Gasteiger partial charge in [-0.3, -0.25) is 4.79 Å². The van der Waals surface area contributed by atoms with E-state index >= 15 is 0 Å². The van der Waals surface area contributed by atoms with Gasteiger partial charge in [0, 0.05) is 22.1 Å². The largest absolute Gasteiger partial charge is 0.465 e. The monoisotopic (exact) mass is 440 g/mol. The normalized spacial score (nSPS) is 11.1. The number of thiophene rings is 1. The van der Waals surface area contributed by atoms with Crippen molar-refractivity contribution in [3.63, 3.8) is 0 Å². The van der Waals surface area contributed by atoms with Crippen molar-refractivity contribution in [3.05, 3.63) is 69.1 Å². The molecule has 0 fully saturated rings. The van der Waals surface area contributed by atoms with Gasteiger partial charge in [0.1, 0.15) is 8.07 Å². The lowest BCUT2D eigenvalue weighted by atomic mass is 9.99. The molecule has 0 saturated carbocycles. The maximum absolute atomic E-state index is 13.0. The number of carbonyl (C=O) groups excluding carboxylic acids is 2. The van der Waals surface area contributed by atoms with Crippen LogP contribution in [-0.4, -0.2) is 26.9 Å². The molecule has 0 saturated heterocycles. The number of benzene rings is 2. The number of hydrogen-bond donors (Lipinski definition) is 0. The molecule has 2 aromatic carbocycles. The van der Waals surface area contributed by atoms with Crippen LogP contribution in [0.25, 0.3) is 10.1 Å². The topological polar surface area (TPSA) is 43.4 Å². The third kappa shape index (κ3) is 4.97. The van der Waals surface area contributed by atoms with Gasteiger partial charge in [0.2, 0.25) is 0 Å². The Labute approximate surface area is 180 Å². The van der Waals surface area contributed by atoms with Gasteiger partial charge in [0.05, 0.1) is 22.6 Å². The zero-order chi connectivity index (χ0) is 21.2. The summed E-state index contributed by atoms with van der Waals surface area (Å²) in [5, 5.41) is 1.33. The minimum Gasteiger partial charge on any atom is -0.465 e. The van der Waals surface area contributed by atoms with E-state index in [1.807, 2.05) is 24.3 Å². The van der Waals surface area contributed by atoms with Crippen LogP contribution in [0.2, 0.25) is 24.7 Å². The van der Waals surface area contributed by atoms with Crippen molar-refractivity contribution in [2.24, 2.45) is 0 Å². The Bertz CT molecular complexity index is 1160. The van der Waals surface area contributed by atoms with Gasteiger partial charge in [-0.2, -0.15) is 0 Å². The second-order valence-electron chi connectivity index (χ2n) is 7.70. The smallest absolute Gasteiger partial charge is 0.338 e. The summed E-state index contributed by atoms with van der Waals surface area (Å²) in [5.41, 5.74) is 5.06. The van der Waals surface area contributed by atoms with Crippen LogP contribution >= 0.6 is 22.9 Å². The quantitative estimate of drug-likeness (QED) is 0.216. The molecule has 0 aliphatic heterocycles. The molecule has 3 aromatic rings. The van der Waals surface area contributed by atoms with Crippen molar-refractivity contribution in [3.8, 4) is 11.5 Å². The minimum absolute atomic E-state index is 0.0550. The number of rotatable bonds is 4. The zero-order valence-electron chi connectivity index (χ0n) is 16.8. The molecule has 29 heavy (non-hydrogen) atoms. The first-order chi connectivity index (χ1) is 13.7. The predicted octanol–water partition coefficient (Wildman–Crippen LogP) is 6.00. The molecule has 0 atom stereocenters. The summed E-state index contributed by atoms with van der Waals surface area (Å²) in [7, 11) is -0.217. The Morgan fingerprint density at radius 2 is 1.86 bits per heavy atom. The first-order valence-corrected chi connectivity index (χ1v) is 13.8. The second kappa shape index (κ2) is 8.54. The molecule has 3 rings (SSSR count). The van der Waals surface area contributed by atoms with Crippen LogP contribution in [0.5, 0.6) is 0 Å². The van der Waals surface area contributed by atoms with Gasteiger partial charge < -0.3 is 4.74 Å². The van der Waals surface area contributed by atoms with Crippen LogP contribution in [0, 0.1) is 11.5 Å². The van der Waals surface area contributed by atoms with Crippen LogP contribution in [0.3, 0.4) is 0 Å². The summed E-state index contributed by atoms with van der Waals surface area (Å²) in [6.45, 7) is 6.49. The summed E-state index contributed by atoms with van der Waals surface area (Å²) in [4.78, 5) is 25.7. The molecule has 0 radical (unpaired) electrons. The van der Waals surface area contributed by atoms with Crippen LogP contribution < -0.4 is 0 Å². The molecule has 148 valence electrons. The highest BCUT2D eigenvalue weighted by Gasteiger charge is 2.21. The average Bonchev–Trinajstić information content (AvgIpc) is 3.02. The number of Topliss-reactive ketones (excluding diaryl/α,β-unsaturated/α-hetero) is 1. The average molecular weight is 441 g/mol. The van der Waals surface area contributed by atoms with Crippen LogP contribution in [0.4, 0.5) is 0 Å². The number of esters is 1. The highest BCUT2D eigenvalue weighted by molar-refractivity contribution is 7.21. The van der Waals surface area contributed by atoms with E-state index < -0.39 is 14.0 Å². The first-order valence-electron chi connectivity index (χ1n) is 9.14. The molecular weight excluding hydrogens is 420 g/mol. The van der Waals surface area contributed by atoms with Gasteiger partial charge in [-0.05, 0) is 29.8 Å². The molecule has 0 unspecified atom stereocenters. The van der Waals surface area contributed by atoms with E-state index in [2.05, 4.69) is 31.1 Å². The third-order valence-electron chi connectivity index (χ3n) is 4.23. The number of ether oxygens (including phenoxy) is 1. The van der Waals surface area contributed by atoms with E-state index in [-0.39, 0.29) is 12.2 Å². The summed E-state index contributed by atoms with van der Waals surface area (Å²) < 4.78 is 5.85. The van der Waals surface area contributed by atoms with Crippen molar-refractivity contribution in [1.82, 2.24) is 0 Å². The van der Waals surface area contributed by atoms with Gasteiger partial charge in [0.15, 0.2) is 5.78 Å². The summed E-state index contributed by atoms with van der Waals surface area (Å²) in [6, 6.07) is 12.9. The first kappa shape index (κ1) is 21.3. The number of fused-ring (bicyclic) bond motifs is 1. The molecule has 6 heteroatoms. The highest BCUT2D eigenvalue weighted by atomic mass is 35.5. The second-order valence-corrected chi connectivity index (χ2v) is 13.9. The molecule has 0 aliphatic rings. The minimum atomic E-state index is -1.55. The van der Waals surface area contributed by atoms with E-state index in [9.17, 15) is 9.59 Å². The lowest BCUT2D eigenvalue weighted by molar-refractivity contribution is 0.0599. The summed E-state index contributed by atoms with van der Waals surface area (Å²) >= 11 is 7.83. The van der Waals surface area contributed by atoms with Crippen molar-refractivity contribution in [2.45, 2.75) is 26.1 Å². The Morgan fingerprint density at radius 3 is 2.52 bits per heavy atom. The molecule has 0 bridgehead atoms. The zero-order valence-corrected chi connectivity index (χ0v) is 19.3. The molecule has 1 aromatic heterocycles. The fourth-order valence-corrected chi connectivity index (χ4v) is 4.83. The predicted molar refractivity (Wildman–Crippen MR) is 123 cm³/mol. The Kier molecular flexibility index (Phi) is 6.28. The van der Waals surface area contributed by atoms with E-state index in [1.54, 1.807) is 18.2 Å². The Morgan fingerprint density at radius 1 is 1.14 bits per heavy atom. The van der Waals surface area contributed by atoms with Crippen molar-refractivity contribution in [2.75, 3.05) is 7.11 Å². The molecule has 1 heterocycles. The van der Waals surface area contributed by atoms with E-state index in [4.69, 9.17) is 16.3 Å². The van der Waals surface area contributed by atoms with Gasteiger partial charge in [0.25, 0.3) is 0 Å². The molecule has 0 aliphatic carbocycles. The van der Waals surface area contributed by atoms with E-state index in [0.717, 1.165) is 15.6 Å². The SMILES string of the molecule is COC(=O)c1ccc(C#C[Si](C)(C)C)cc1CC(=O)c1sc2ccccc2c1Cl. The lowest BCUT2D eigenvalue weighted by Crippen LogP contribution is -2.16. The van der Waals surface area contributed by atoms with Crippen molar-refractivity contribution >= 4 is 52.9 Å². The Hall–Kier alpha value is -2.39. The maximum atomic E-state index is 13.0. The van der Waals surface area contributed by atoms with Gasteiger partial charge in [-0.1, -0.05) is 55.4 Å². The van der Waals surface area contributed by atoms with E-state index in [0.29, 0.717) is 21.0 Å².